The SMILES string of the molecule is CC[C@H](C)C(=O)NCC(=O)NS(=O)(=O)N(C)Cc1ccccc1. The first-order chi connectivity index (χ1) is 10.8. The van der Waals surface area contributed by atoms with E-state index in [1.807, 2.05) is 17.7 Å². The molecule has 0 aliphatic heterocycles. The molecule has 1 aromatic carbocycles. The van der Waals surface area contributed by atoms with Crippen molar-refractivity contribution in [2.75, 3.05) is 13.6 Å². The largest absolute Gasteiger partial charge is 0.347 e. The van der Waals surface area contributed by atoms with Crippen molar-refractivity contribution in [2.45, 2.75) is 26.8 Å². The van der Waals surface area contributed by atoms with Gasteiger partial charge >= 0.3 is 10.2 Å². The molecule has 0 spiro atoms. The molecule has 8 heteroatoms. The number of benzene rings is 1. The summed E-state index contributed by atoms with van der Waals surface area (Å²) in [6, 6.07) is 9.03. The summed E-state index contributed by atoms with van der Waals surface area (Å²) in [6.07, 6.45) is 0.644. The molecule has 0 fully saturated rings. The second-order valence-corrected chi connectivity index (χ2v) is 7.08. The number of nitrogens with zero attached hydrogens (tertiary/aromatic N) is 1. The molecule has 1 rings (SSSR count). The molecule has 2 N–H and O–H groups in total. The van der Waals surface area contributed by atoms with Crippen LogP contribution in [0.5, 0.6) is 0 Å². The maximum atomic E-state index is 12.1. The van der Waals surface area contributed by atoms with Gasteiger partial charge in [0.25, 0.3) is 5.91 Å². The van der Waals surface area contributed by atoms with E-state index < -0.39 is 16.1 Å². The first-order valence-electron chi connectivity index (χ1n) is 7.34. The Kier molecular flexibility index (Phi) is 7.18. The highest BCUT2D eigenvalue weighted by Gasteiger charge is 2.21. The second-order valence-electron chi connectivity index (χ2n) is 5.30. The maximum absolute atomic E-state index is 12.1. The lowest BCUT2D eigenvalue weighted by atomic mass is 10.1. The average molecular weight is 341 g/mol. The van der Waals surface area contributed by atoms with Gasteiger partial charge in [-0.1, -0.05) is 44.2 Å². The third kappa shape index (κ3) is 6.37. The third-order valence-electron chi connectivity index (χ3n) is 3.38. The predicted octanol–water partition coefficient (Wildman–Crippen LogP) is 0.642. The standard InChI is InChI=1S/C15H23N3O4S/c1-4-12(2)15(20)16-10-14(19)17-23(21,22)18(3)11-13-8-6-5-7-9-13/h5-9,12H,4,10-11H2,1-3H3,(H,16,20)(H,17,19)/t12-/m0/s1. The molecule has 0 heterocycles. The van der Waals surface area contributed by atoms with Crippen molar-refractivity contribution < 1.29 is 18.0 Å². The highest BCUT2D eigenvalue weighted by Crippen LogP contribution is 2.05. The fraction of sp³-hybridized carbons (Fsp3) is 0.467. The summed E-state index contributed by atoms with van der Waals surface area (Å²) in [4.78, 5) is 23.3. The maximum Gasteiger partial charge on any atom is 0.303 e. The highest BCUT2D eigenvalue weighted by atomic mass is 32.2. The molecule has 0 aliphatic carbocycles. The minimum absolute atomic E-state index is 0.142. The fourth-order valence-corrected chi connectivity index (χ4v) is 2.55. The molecule has 0 aliphatic rings. The number of carbonyl (C=O) groups is 2. The first-order valence-corrected chi connectivity index (χ1v) is 8.78. The van der Waals surface area contributed by atoms with Crippen LogP contribution in [0.2, 0.25) is 0 Å². The zero-order valence-corrected chi connectivity index (χ0v) is 14.4. The monoisotopic (exact) mass is 341 g/mol. The van der Waals surface area contributed by atoms with Gasteiger partial charge in [-0.05, 0) is 12.0 Å². The van der Waals surface area contributed by atoms with Gasteiger partial charge in [0.1, 0.15) is 0 Å². The van der Waals surface area contributed by atoms with Crippen LogP contribution < -0.4 is 10.0 Å². The summed E-state index contributed by atoms with van der Waals surface area (Å²) in [5, 5.41) is 2.41. The summed E-state index contributed by atoms with van der Waals surface area (Å²) in [6.45, 7) is 3.36. The van der Waals surface area contributed by atoms with Crippen LogP contribution in [0.3, 0.4) is 0 Å². The van der Waals surface area contributed by atoms with E-state index in [0.29, 0.717) is 6.42 Å². The smallest absolute Gasteiger partial charge is 0.303 e. The normalized spacial score (nSPS) is 12.7. The van der Waals surface area contributed by atoms with Crippen molar-refractivity contribution in [3.63, 3.8) is 0 Å². The van der Waals surface area contributed by atoms with E-state index in [4.69, 9.17) is 0 Å². The molecule has 1 aromatic rings. The van der Waals surface area contributed by atoms with Gasteiger partial charge in [0.05, 0.1) is 6.54 Å². The van der Waals surface area contributed by atoms with E-state index in [9.17, 15) is 18.0 Å². The van der Waals surface area contributed by atoms with E-state index in [2.05, 4.69) is 5.32 Å². The number of rotatable bonds is 8. The number of hydrogen-bond acceptors (Lipinski definition) is 4. The zero-order valence-electron chi connectivity index (χ0n) is 13.6. The lowest BCUT2D eigenvalue weighted by Gasteiger charge is -2.18. The predicted molar refractivity (Wildman–Crippen MR) is 87.4 cm³/mol. The fourth-order valence-electron chi connectivity index (χ4n) is 1.71. The van der Waals surface area contributed by atoms with Gasteiger partial charge in [-0.15, -0.1) is 0 Å². The molecule has 0 saturated heterocycles. The minimum atomic E-state index is -3.95. The summed E-state index contributed by atoms with van der Waals surface area (Å²) in [5.41, 5.74) is 0.804. The van der Waals surface area contributed by atoms with Gasteiger partial charge in [0, 0.05) is 19.5 Å². The molecular weight excluding hydrogens is 318 g/mol. The Balaban J connectivity index is 2.53. The van der Waals surface area contributed by atoms with Crippen LogP contribution in [0.25, 0.3) is 0 Å². The molecule has 0 unspecified atom stereocenters. The van der Waals surface area contributed by atoms with Crippen molar-refractivity contribution in [2.24, 2.45) is 5.92 Å². The van der Waals surface area contributed by atoms with Gasteiger partial charge in [-0.2, -0.15) is 12.7 Å². The lowest BCUT2D eigenvalue weighted by molar-refractivity contribution is -0.127. The van der Waals surface area contributed by atoms with Gasteiger partial charge in [0.15, 0.2) is 0 Å². The molecule has 1 atom stereocenters. The van der Waals surface area contributed by atoms with E-state index in [1.165, 1.54) is 7.05 Å². The van der Waals surface area contributed by atoms with Crippen LogP contribution >= 0.6 is 0 Å². The molecule has 23 heavy (non-hydrogen) atoms. The third-order valence-corrected chi connectivity index (χ3v) is 4.82. The van der Waals surface area contributed by atoms with Gasteiger partial charge in [-0.25, -0.2) is 4.72 Å². The summed E-state index contributed by atoms with van der Waals surface area (Å²) in [7, 11) is -2.57. The molecule has 0 radical (unpaired) electrons. The number of carbonyl (C=O) groups excluding carboxylic acids is 2. The van der Waals surface area contributed by atoms with Crippen molar-refractivity contribution in [3.8, 4) is 0 Å². The molecular formula is C15H23N3O4S. The molecule has 128 valence electrons. The van der Waals surface area contributed by atoms with Crippen molar-refractivity contribution >= 4 is 22.0 Å². The highest BCUT2D eigenvalue weighted by molar-refractivity contribution is 7.87. The summed E-state index contributed by atoms with van der Waals surface area (Å²) >= 11 is 0. The van der Waals surface area contributed by atoms with Crippen LogP contribution in [-0.4, -0.2) is 38.1 Å². The van der Waals surface area contributed by atoms with Gasteiger partial charge in [-0.3, -0.25) is 9.59 Å². The average Bonchev–Trinajstić information content (AvgIpc) is 2.52. The number of nitrogens with one attached hydrogen (secondary N) is 2. The molecule has 2 amide bonds. The van der Waals surface area contributed by atoms with Crippen LogP contribution in [0, 0.1) is 5.92 Å². The van der Waals surface area contributed by atoms with Crippen molar-refractivity contribution in [3.05, 3.63) is 35.9 Å². The topological polar surface area (TPSA) is 95.6 Å². The molecule has 7 nitrogen and oxygen atoms in total. The molecule has 0 saturated carbocycles. The second kappa shape index (κ2) is 8.64. The quantitative estimate of drug-likeness (QED) is 0.725. The van der Waals surface area contributed by atoms with Gasteiger partial charge in [0.2, 0.25) is 5.91 Å². The Morgan fingerprint density at radius 2 is 1.83 bits per heavy atom. The lowest BCUT2D eigenvalue weighted by Crippen LogP contribution is -2.45. The summed E-state index contributed by atoms with van der Waals surface area (Å²) in [5.74, 6) is -1.28. The van der Waals surface area contributed by atoms with E-state index >= 15 is 0 Å². The van der Waals surface area contributed by atoms with Gasteiger partial charge < -0.3 is 5.32 Å². The Morgan fingerprint density at radius 3 is 2.39 bits per heavy atom. The van der Waals surface area contributed by atoms with E-state index in [-0.39, 0.29) is 24.9 Å². The van der Waals surface area contributed by atoms with Crippen molar-refractivity contribution in [1.82, 2.24) is 14.3 Å². The van der Waals surface area contributed by atoms with E-state index in [0.717, 1.165) is 9.87 Å². The zero-order chi connectivity index (χ0) is 17.5. The van der Waals surface area contributed by atoms with Crippen LogP contribution in [0.15, 0.2) is 30.3 Å². The minimum Gasteiger partial charge on any atom is -0.347 e. The van der Waals surface area contributed by atoms with Crippen LogP contribution in [0.1, 0.15) is 25.8 Å². The summed E-state index contributed by atoms with van der Waals surface area (Å²) < 4.78 is 27.1. The Hall–Kier alpha value is -1.93. The Morgan fingerprint density at radius 1 is 1.22 bits per heavy atom. The van der Waals surface area contributed by atoms with Crippen LogP contribution in [-0.2, 0) is 26.3 Å². The Labute approximate surface area is 137 Å². The first kappa shape index (κ1) is 19.1. The molecule has 0 aromatic heterocycles. The van der Waals surface area contributed by atoms with Crippen molar-refractivity contribution in [1.29, 1.82) is 0 Å². The Bertz CT molecular complexity index is 631. The van der Waals surface area contributed by atoms with Crippen LogP contribution in [0.4, 0.5) is 0 Å². The molecule has 0 bridgehead atoms. The number of hydrogen-bond donors (Lipinski definition) is 2. The van der Waals surface area contributed by atoms with E-state index in [1.54, 1.807) is 31.2 Å². The number of amides is 2.